The van der Waals surface area contributed by atoms with Crippen LogP contribution in [0.5, 0.6) is 0 Å². The minimum absolute atomic E-state index is 0.558. The Morgan fingerprint density at radius 3 is 2.41 bits per heavy atom. The summed E-state index contributed by atoms with van der Waals surface area (Å²) in [4.78, 5) is 4.82. The highest BCUT2D eigenvalue weighted by molar-refractivity contribution is 5.35. The molecule has 1 aliphatic rings. The molecule has 0 saturated carbocycles. The largest absolute Gasteiger partial charge is 0.257 e. The van der Waals surface area contributed by atoms with Gasteiger partial charge in [-0.3, -0.25) is 4.98 Å². The molecule has 0 radical (unpaired) electrons. The number of rotatable bonds is 2. The molecule has 0 saturated heterocycles. The Morgan fingerprint density at radius 2 is 1.82 bits per heavy atom. The Bertz CT molecular complexity index is 336. The highest BCUT2D eigenvalue weighted by Crippen LogP contribution is 2.26. The summed E-state index contributed by atoms with van der Waals surface area (Å²) in [7, 11) is 0. The third-order valence-corrected chi connectivity index (χ3v) is 3.38. The number of hydrogen-bond donors (Lipinski definition) is 0. The zero-order valence-electron chi connectivity index (χ0n) is 12.1. The van der Waals surface area contributed by atoms with Gasteiger partial charge in [-0.15, -0.1) is 0 Å². The average Bonchev–Trinajstić information content (AvgIpc) is 2.39. The van der Waals surface area contributed by atoms with Crippen LogP contribution in [-0.2, 0) is 19.3 Å². The second-order valence-corrected chi connectivity index (χ2v) is 4.85. The van der Waals surface area contributed by atoms with E-state index in [2.05, 4.69) is 26.8 Å². The molecule has 0 N–H and O–H groups in total. The van der Waals surface area contributed by atoms with Crippen molar-refractivity contribution in [3.05, 3.63) is 28.6 Å². The fourth-order valence-corrected chi connectivity index (χ4v) is 2.42. The van der Waals surface area contributed by atoms with Crippen LogP contribution < -0.4 is 0 Å². The van der Waals surface area contributed by atoms with Crippen molar-refractivity contribution in [3.63, 3.8) is 0 Å². The van der Waals surface area contributed by atoms with Gasteiger partial charge in [0.05, 0.1) is 0 Å². The maximum Gasteiger partial charge on any atom is 0.0441 e. The summed E-state index contributed by atoms with van der Waals surface area (Å²) in [6, 6.07) is 2.33. The van der Waals surface area contributed by atoms with Crippen LogP contribution in [0, 0.1) is 0 Å². The molecule has 1 heteroatoms. The molecule has 1 aliphatic carbocycles. The van der Waals surface area contributed by atoms with E-state index in [4.69, 9.17) is 4.98 Å². The zero-order valence-corrected chi connectivity index (χ0v) is 12.1. The standard InChI is InChI=1S/C14H21N.C2H6/c1-4-11-9-14(10(2)3)15-13-8-6-5-7-12(11)13;1-2/h9-10H,4-8H2,1-3H3;1-2H3. The predicted molar refractivity (Wildman–Crippen MR) is 75.7 cm³/mol. The van der Waals surface area contributed by atoms with Gasteiger partial charge in [-0.25, -0.2) is 0 Å². The summed E-state index contributed by atoms with van der Waals surface area (Å²) in [5, 5.41) is 0. The average molecular weight is 233 g/mol. The van der Waals surface area contributed by atoms with Crippen molar-refractivity contribution in [1.82, 2.24) is 4.98 Å². The van der Waals surface area contributed by atoms with E-state index in [1.54, 1.807) is 11.1 Å². The summed E-state index contributed by atoms with van der Waals surface area (Å²) in [6.07, 6.45) is 6.28. The highest BCUT2D eigenvalue weighted by atomic mass is 14.7. The summed E-state index contributed by atoms with van der Waals surface area (Å²) in [5.74, 6) is 0.558. The van der Waals surface area contributed by atoms with Gasteiger partial charge in [0.15, 0.2) is 0 Å². The van der Waals surface area contributed by atoms with Crippen LogP contribution in [0.1, 0.15) is 75.9 Å². The quantitative estimate of drug-likeness (QED) is 0.723. The molecule has 1 heterocycles. The van der Waals surface area contributed by atoms with E-state index >= 15 is 0 Å². The van der Waals surface area contributed by atoms with Crippen molar-refractivity contribution >= 4 is 0 Å². The van der Waals surface area contributed by atoms with Gasteiger partial charge in [0.2, 0.25) is 0 Å². The lowest BCUT2D eigenvalue weighted by Crippen LogP contribution is -2.11. The number of hydrogen-bond acceptors (Lipinski definition) is 1. The Hall–Kier alpha value is -0.850. The molecular weight excluding hydrogens is 206 g/mol. The normalized spacial score (nSPS) is 14.0. The number of aryl methyl sites for hydroxylation is 2. The van der Waals surface area contributed by atoms with Crippen molar-refractivity contribution in [2.75, 3.05) is 0 Å². The Balaban J connectivity index is 0.000000686. The lowest BCUT2D eigenvalue weighted by molar-refractivity contribution is 0.650. The number of nitrogens with zero attached hydrogens (tertiary/aromatic N) is 1. The van der Waals surface area contributed by atoms with Gasteiger partial charge in [-0.2, -0.15) is 0 Å². The lowest BCUT2D eigenvalue weighted by atomic mass is 9.89. The van der Waals surface area contributed by atoms with Crippen LogP contribution in [0.25, 0.3) is 0 Å². The van der Waals surface area contributed by atoms with Gasteiger partial charge >= 0.3 is 0 Å². The molecule has 2 rings (SSSR count). The number of fused-ring (bicyclic) bond motifs is 1. The summed E-state index contributed by atoms with van der Waals surface area (Å²) in [5.41, 5.74) is 5.79. The molecule has 0 aromatic carbocycles. The molecule has 0 spiro atoms. The van der Waals surface area contributed by atoms with E-state index in [9.17, 15) is 0 Å². The highest BCUT2D eigenvalue weighted by Gasteiger charge is 2.16. The first kappa shape index (κ1) is 14.2. The van der Waals surface area contributed by atoms with E-state index in [1.807, 2.05) is 13.8 Å². The fraction of sp³-hybridized carbons (Fsp3) is 0.688. The van der Waals surface area contributed by atoms with E-state index in [0.29, 0.717) is 5.92 Å². The van der Waals surface area contributed by atoms with Crippen LogP contribution in [0.15, 0.2) is 6.07 Å². The molecule has 96 valence electrons. The van der Waals surface area contributed by atoms with Gasteiger partial charge in [0.1, 0.15) is 0 Å². The number of pyridine rings is 1. The molecule has 17 heavy (non-hydrogen) atoms. The van der Waals surface area contributed by atoms with Crippen molar-refractivity contribution in [1.29, 1.82) is 0 Å². The van der Waals surface area contributed by atoms with Crippen molar-refractivity contribution in [2.24, 2.45) is 0 Å². The second-order valence-electron chi connectivity index (χ2n) is 4.85. The van der Waals surface area contributed by atoms with Crippen LogP contribution in [0.4, 0.5) is 0 Å². The first-order chi connectivity index (χ1) is 8.22. The fourth-order valence-electron chi connectivity index (χ4n) is 2.42. The molecule has 0 bridgehead atoms. The first-order valence-electron chi connectivity index (χ1n) is 7.24. The van der Waals surface area contributed by atoms with Gasteiger partial charge in [-0.1, -0.05) is 34.6 Å². The van der Waals surface area contributed by atoms with Gasteiger partial charge in [-0.05, 0) is 55.2 Å². The molecule has 0 aliphatic heterocycles. The molecule has 0 atom stereocenters. The molecule has 1 aromatic heterocycles. The van der Waals surface area contributed by atoms with Crippen molar-refractivity contribution < 1.29 is 0 Å². The van der Waals surface area contributed by atoms with Gasteiger partial charge in [0, 0.05) is 11.4 Å². The van der Waals surface area contributed by atoms with Crippen LogP contribution in [0.3, 0.4) is 0 Å². The predicted octanol–water partition coefficient (Wildman–Crippen LogP) is 4.67. The van der Waals surface area contributed by atoms with E-state index in [-0.39, 0.29) is 0 Å². The monoisotopic (exact) mass is 233 g/mol. The minimum Gasteiger partial charge on any atom is -0.257 e. The maximum absolute atomic E-state index is 4.82. The Morgan fingerprint density at radius 1 is 1.18 bits per heavy atom. The summed E-state index contributed by atoms with van der Waals surface area (Å²) in [6.45, 7) is 10.7. The van der Waals surface area contributed by atoms with Crippen LogP contribution >= 0.6 is 0 Å². The molecule has 0 amide bonds. The summed E-state index contributed by atoms with van der Waals surface area (Å²) < 4.78 is 0. The minimum atomic E-state index is 0.558. The molecule has 0 fully saturated rings. The summed E-state index contributed by atoms with van der Waals surface area (Å²) >= 11 is 0. The van der Waals surface area contributed by atoms with E-state index in [0.717, 1.165) is 6.42 Å². The number of aromatic nitrogens is 1. The third-order valence-electron chi connectivity index (χ3n) is 3.38. The van der Waals surface area contributed by atoms with Gasteiger partial charge in [0.25, 0.3) is 0 Å². The van der Waals surface area contributed by atoms with Crippen molar-refractivity contribution in [3.8, 4) is 0 Å². The van der Waals surface area contributed by atoms with E-state index in [1.165, 1.54) is 37.1 Å². The molecule has 1 nitrogen and oxygen atoms in total. The third kappa shape index (κ3) is 3.31. The SMILES string of the molecule is CC.CCc1cc(C(C)C)nc2c1CCCC2. The molecular formula is C16H27N. The Kier molecular flexibility index (Phi) is 5.67. The first-order valence-corrected chi connectivity index (χ1v) is 7.24. The topological polar surface area (TPSA) is 12.9 Å². The molecule has 0 unspecified atom stereocenters. The second kappa shape index (κ2) is 6.78. The lowest BCUT2D eigenvalue weighted by Gasteiger charge is -2.20. The van der Waals surface area contributed by atoms with Crippen LogP contribution in [-0.4, -0.2) is 4.98 Å². The smallest absolute Gasteiger partial charge is 0.0441 e. The Labute approximate surface area is 107 Å². The maximum atomic E-state index is 4.82. The van der Waals surface area contributed by atoms with Crippen molar-refractivity contribution in [2.45, 2.75) is 72.6 Å². The van der Waals surface area contributed by atoms with E-state index < -0.39 is 0 Å². The molecule has 1 aromatic rings. The zero-order chi connectivity index (χ0) is 12.8. The van der Waals surface area contributed by atoms with Gasteiger partial charge < -0.3 is 0 Å². The van der Waals surface area contributed by atoms with Crippen LogP contribution in [0.2, 0.25) is 0 Å².